The SMILES string of the molecule is CCOC(=O)[C@H](C(=O)c1ccccc1)S(=O)(=O)c1ccccc1. The van der Waals surface area contributed by atoms with Crippen LogP contribution in [0.2, 0.25) is 0 Å². The smallest absolute Gasteiger partial charge is 0.332 e. The molecule has 0 spiro atoms. The summed E-state index contributed by atoms with van der Waals surface area (Å²) in [6.45, 7) is 1.54. The number of esters is 1. The standard InChI is InChI=1S/C17H16O5S/c1-2-22-17(19)16(15(18)13-9-5-3-6-10-13)23(20,21)14-11-7-4-8-12-14/h3-12,16H,2H2,1H3/t16-/m0/s1. The van der Waals surface area contributed by atoms with E-state index >= 15 is 0 Å². The van der Waals surface area contributed by atoms with E-state index < -0.39 is 26.8 Å². The maximum absolute atomic E-state index is 12.7. The number of carbonyl (C=O) groups excluding carboxylic acids is 2. The van der Waals surface area contributed by atoms with Crippen molar-refractivity contribution >= 4 is 21.6 Å². The summed E-state index contributed by atoms with van der Waals surface area (Å²) < 4.78 is 30.3. The summed E-state index contributed by atoms with van der Waals surface area (Å²) >= 11 is 0. The molecule has 6 heteroatoms. The molecule has 2 rings (SSSR count). The summed E-state index contributed by atoms with van der Waals surface area (Å²) in [6, 6.07) is 15.2. The fourth-order valence-corrected chi connectivity index (χ4v) is 3.64. The molecule has 0 heterocycles. The van der Waals surface area contributed by atoms with Crippen LogP contribution in [0, 0.1) is 0 Å². The molecule has 0 aliphatic rings. The van der Waals surface area contributed by atoms with Gasteiger partial charge in [0.25, 0.3) is 0 Å². The summed E-state index contributed by atoms with van der Waals surface area (Å²) in [7, 11) is -4.19. The minimum atomic E-state index is -4.19. The van der Waals surface area contributed by atoms with Gasteiger partial charge in [0.1, 0.15) is 0 Å². The number of benzene rings is 2. The third kappa shape index (κ3) is 3.65. The predicted octanol–water partition coefficient (Wildman–Crippen LogP) is 2.27. The zero-order chi connectivity index (χ0) is 16.9. The molecular formula is C17H16O5S. The number of carbonyl (C=O) groups is 2. The van der Waals surface area contributed by atoms with Crippen LogP contribution in [0.4, 0.5) is 0 Å². The number of rotatable bonds is 6. The van der Waals surface area contributed by atoms with Crippen LogP contribution in [-0.4, -0.2) is 32.0 Å². The van der Waals surface area contributed by atoms with Crippen LogP contribution in [0.3, 0.4) is 0 Å². The Kier molecular flexibility index (Phi) is 5.28. The van der Waals surface area contributed by atoms with Crippen molar-refractivity contribution < 1.29 is 22.7 Å². The topological polar surface area (TPSA) is 77.5 Å². The Hall–Kier alpha value is -2.47. The number of Topliss-reactive ketones (excluding diaryl/α,β-unsaturated/α-hetero) is 1. The van der Waals surface area contributed by atoms with Crippen molar-refractivity contribution in [3.8, 4) is 0 Å². The lowest BCUT2D eigenvalue weighted by Gasteiger charge is -2.15. The van der Waals surface area contributed by atoms with Crippen LogP contribution in [0.5, 0.6) is 0 Å². The highest BCUT2D eigenvalue weighted by Crippen LogP contribution is 2.20. The highest BCUT2D eigenvalue weighted by atomic mass is 32.2. The molecule has 0 aliphatic carbocycles. The number of sulfone groups is 1. The monoisotopic (exact) mass is 332 g/mol. The normalized spacial score (nSPS) is 12.4. The molecule has 0 fully saturated rings. The third-order valence-corrected chi connectivity index (χ3v) is 5.14. The van der Waals surface area contributed by atoms with E-state index in [1.165, 1.54) is 36.4 Å². The summed E-state index contributed by atoms with van der Waals surface area (Å²) in [4.78, 5) is 24.7. The molecule has 2 aromatic carbocycles. The van der Waals surface area contributed by atoms with Crippen LogP contribution in [0.25, 0.3) is 0 Å². The zero-order valence-corrected chi connectivity index (χ0v) is 13.3. The molecule has 23 heavy (non-hydrogen) atoms. The molecule has 0 N–H and O–H groups in total. The van der Waals surface area contributed by atoms with E-state index in [0.717, 1.165) is 0 Å². The summed E-state index contributed by atoms with van der Waals surface area (Å²) in [5.41, 5.74) is 0.144. The lowest BCUT2D eigenvalue weighted by atomic mass is 10.1. The van der Waals surface area contributed by atoms with E-state index in [1.807, 2.05) is 0 Å². The average molecular weight is 332 g/mol. The number of hydrogen-bond donors (Lipinski definition) is 0. The van der Waals surface area contributed by atoms with Gasteiger partial charge in [0.2, 0.25) is 5.25 Å². The summed E-state index contributed by atoms with van der Waals surface area (Å²) in [5, 5.41) is -1.91. The van der Waals surface area contributed by atoms with Crippen molar-refractivity contribution in [3.05, 3.63) is 66.2 Å². The molecule has 5 nitrogen and oxygen atoms in total. The van der Waals surface area contributed by atoms with Crippen LogP contribution in [-0.2, 0) is 19.4 Å². The summed E-state index contributed by atoms with van der Waals surface area (Å²) in [6.07, 6.45) is 0. The van der Waals surface area contributed by atoms with Gasteiger partial charge < -0.3 is 4.74 Å². The Labute approximate surface area is 134 Å². The van der Waals surface area contributed by atoms with Crippen LogP contribution < -0.4 is 0 Å². The zero-order valence-electron chi connectivity index (χ0n) is 12.5. The van der Waals surface area contributed by atoms with Crippen molar-refractivity contribution in [1.82, 2.24) is 0 Å². The first-order chi connectivity index (χ1) is 11.0. The molecule has 0 radical (unpaired) electrons. The van der Waals surface area contributed by atoms with E-state index in [-0.39, 0.29) is 17.1 Å². The van der Waals surface area contributed by atoms with E-state index in [1.54, 1.807) is 31.2 Å². The molecule has 0 bridgehead atoms. The first-order valence-electron chi connectivity index (χ1n) is 7.03. The van der Waals surface area contributed by atoms with Crippen molar-refractivity contribution in [3.63, 3.8) is 0 Å². The Morgan fingerprint density at radius 3 is 2.00 bits per heavy atom. The van der Waals surface area contributed by atoms with Crippen LogP contribution in [0.1, 0.15) is 17.3 Å². The van der Waals surface area contributed by atoms with Gasteiger partial charge in [0, 0.05) is 5.56 Å². The molecule has 1 atom stereocenters. The second kappa shape index (κ2) is 7.19. The quantitative estimate of drug-likeness (QED) is 0.461. The number of hydrogen-bond acceptors (Lipinski definition) is 5. The van der Waals surface area contributed by atoms with Gasteiger partial charge in [-0.15, -0.1) is 0 Å². The van der Waals surface area contributed by atoms with E-state index in [9.17, 15) is 18.0 Å². The Bertz CT molecular complexity index is 782. The van der Waals surface area contributed by atoms with Crippen LogP contribution in [0.15, 0.2) is 65.6 Å². The highest BCUT2D eigenvalue weighted by molar-refractivity contribution is 7.93. The fourth-order valence-electron chi connectivity index (χ4n) is 2.09. The molecular weight excluding hydrogens is 316 g/mol. The third-order valence-electron chi connectivity index (χ3n) is 3.18. The molecule has 0 saturated heterocycles. The molecule has 120 valence electrons. The fraction of sp³-hybridized carbons (Fsp3) is 0.176. The average Bonchev–Trinajstić information content (AvgIpc) is 2.56. The molecule has 0 aliphatic heterocycles. The van der Waals surface area contributed by atoms with Gasteiger partial charge >= 0.3 is 5.97 Å². The first-order valence-corrected chi connectivity index (χ1v) is 8.58. The lowest BCUT2D eigenvalue weighted by molar-refractivity contribution is -0.141. The van der Waals surface area contributed by atoms with E-state index in [0.29, 0.717) is 0 Å². The first kappa shape index (κ1) is 16.9. The Morgan fingerprint density at radius 1 is 0.957 bits per heavy atom. The predicted molar refractivity (Wildman–Crippen MR) is 84.8 cm³/mol. The molecule has 0 unspecified atom stereocenters. The molecule has 0 amide bonds. The van der Waals surface area contributed by atoms with Crippen molar-refractivity contribution in [2.45, 2.75) is 17.1 Å². The van der Waals surface area contributed by atoms with Crippen molar-refractivity contribution in [2.24, 2.45) is 0 Å². The van der Waals surface area contributed by atoms with Crippen molar-refractivity contribution in [1.29, 1.82) is 0 Å². The lowest BCUT2D eigenvalue weighted by Crippen LogP contribution is -2.39. The minimum absolute atomic E-state index is 0.0122. The largest absolute Gasteiger partial charge is 0.465 e. The Morgan fingerprint density at radius 2 is 1.48 bits per heavy atom. The van der Waals surface area contributed by atoms with E-state index in [4.69, 9.17) is 4.74 Å². The van der Waals surface area contributed by atoms with Gasteiger partial charge in [0.15, 0.2) is 15.6 Å². The summed E-state index contributed by atoms with van der Waals surface area (Å²) in [5.74, 6) is -1.86. The van der Waals surface area contributed by atoms with Crippen LogP contribution >= 0.6 is 0 Å². The van der Waals surface area contributed by atoms with Gasteiger partial charge in [-0.3, -0.25) is 9.59 Å². The number of ketones is 1. The van der Waals surface area contributed by atoms with Gasteiger partial charge in [0.05, 0.1) is 11.5 Å². The van der Waals surface area contributed by atoms with E-state index in [2.05, 4.69) is 0 Å². The number of ether oxygens (including phenoxy) is 1. The van der Waals surface area contributed by atoms with Gasteiger partial charge in [-0.05, 0) is 19.1 Å². The maximum atomic E-state index is 12.7. The minimum Gasteiger partial charge on any atom is -0.465 e. The maximum Gasteiger partial charge on any atom is 0.332 e. The Balaban J connectivity index is 2.51. The van der Waals surface area contributed by atoms with Crippen molar-refractivity contribution in [2.75, 3.05) is 6.61 Å². The second-order valence-corrected chi connectivity index (χ2v) is 6.75. The molecule has 0 saturated carbocycles. The molecule has 2 aromatic rings. The second-order valence-electron chi connectivity index (χ2n) is 4.72. The van der Waals surface area contributed by atoms with Gasteiger partial charge in [-0.25, -0.2) is 8.42 Å². The highest BCUT2D eigenvalue weighted by Gasteiger charge is 2.41. The van der Waals surface area contributed by atoms with Gasteiger partial charge in [-0.1, -0.05) is 48.5 Å². The molecule has 0 aromatic heterocycles. The van der Waals surface area contributed by atoms with Gasteiger partial charge in [-0.2, -0.15) is 0 Å².